The van der Waals surface area contributed by atoms with E-state index in [4.69, 9.17) is 16.9 Å². The maximum atomic E-state index is 9.81. The number of aliphatic imine (C=N–C) groups is 1. The Morgan fingerprint density at radius 1 is 1.39 bits per heavy atom. The van der Waals surface area contributed by atoms with Crippen LogP contribution in [0.2, 0.25) is 0 Å². The van der Waals surface area contributed by atoms with E-state index in [2.05, 4.69) is 34.8 Å². The van der Waals surface area contributed by atoms with Gasteiger partial charge in [-0.3, -0.25) is 4.99 Å². The zero-order valence-electron chi connectivity index (χ0n) is 18.7. The SMILES string of the molecule is CC(C)C(=C/N)/C=C(\N)NC1=CC=C2N=CC(/C(C=N)=C/NCCC(C)(C)O)=CC2N1. The van der Waals surface area contributed by atoms with Crippen molar-refractivity contribution in [3.63, 3.8) is 0 Å². The minimum atomic E-state index is -0.731. The molecule has 8 nitrogen and oxygen atoms in total. The van der Waals surface area contributed by atoms with Gasteiger partial charge < -0.3 is 37.9 Å². The van der Waals surface area contributed by atoms with E-state index in [0.29, 0.717) is 24.4 Å². The molecule has 0 saturated heterocycles. The smallest absolute Gasteiger partial charge is 0.105 e. The number of aliphatic hydroxyl groups is 1. The maximum Gasteiger partial charge on any atom is 0.105 e. The summed E-state index contributed by atoms with van der Waals surface area (Å²) in [5.41, 5.74) is 14.4. The summed E-state index contributed by atoms with van der Waals surface area (Å²) in [5.74, 6) is 1.51. The van der Waals surface area contributed by atoms with Crippen LogP contribution < -0.4 is 27.4 Å². The molecular formula is C23H35N7O. The van der Waals surface area contributed by atoms with E-state index in [9.17, 15) is 5.11 Å². The van der Waals surface area contributed by atoms with Gasteiger partial charge in [0.1, 0.15) is 11.6 Å². The average molecular weight is 426 g/mol. The van der Waals surface area contributed by atoms with Gasteiger partial charge in [0.15, 0.2) is 0 Å². The van der Waals surface area contributed by atoms with Gasteiger partial charge in [-0.05, 0) is 62.3 Å². The van der Waals surface area contributed by atoms with Gasteiger partial charge in [-0.25, -0.2) is 0 Å². The Morgan fingerprint density at radius 3 is 2.74 bits per heavy atom. The van der Waals surface area contributed by atoms with Crippen LogP contribution in [-0.4, -0.2) is 35.7 Å². The van der Waals surface area contributed by atoms with E-state index in [1.165, 1.54) is 6.21 Å². The van der Waals surface area contributed by atoms with Crippen molar-refractivity contribution >= 4 is 12.4 Å². The third-order valence-corrected chi connectivity index (χ3v) is 4.84. The predicted octanol–water partition coefficient (Wildman–Crippen LogP) is 1.87. The first-order valence-electron chi connectivity index (χ1n) is 10.4. The Balaban J connectivity index is 2.07. The Morgan fingerprint density at radius 2 is 2.13 bits per heavy atom. The summed E-state index contributed by atoms with van der Waals surface area (Å²) in [5, 5.41) is 27.2. The van der Waals surface area contributed by atoms with Crippen molar-refractivity contribution in [2.75, 3.05) is 6.54 Å². The van der Waals surface area contributed by atoms with Crippen molar-refractivity contribution in [2.24, 2.45) is 22.4 Å². The first kappa shape index (κ1) is 24.0. The molecule has 0 aromatic rings. The fraction of sp³-hybridized carbons (Fsp3) is 0.391. The molecule has 2 aliphatic rings. The lowest BCUT2D eigenvalue weighted by Crippen LogP contribution is -2.39. The van der Waals surface area contributed by atoms with Crippen molar-refractivity contribution in [1.29, 1.82) is 5.41 Å². The summed E-state index contributed by atoms with van der Waals surface area (Å²) < 4.78 is 0. The van der Waals surface area contributed by atoms with E-state index >= 15 is 0 Å². The van der Waals surface area contributed by atoms with Gasteiger partial charge in [0.05, 0.1) is 17.3 Å². The second-order valence-corrected chi connectivity index (χ2v) is 8.48. The van der Waals surface area contributed by atoms with E-state index in [1.54, 1.807) is 32.5 Å². The molecule has 0 fully saturated rings. The number of hydrogen-bond acceptors (Lipinski definition) is 8. The van der Waals surface area contributed by atoms with E-state index in [1.807, 2.05) is 24.3 Å². The Hall–Kier alpha value is -3.26. The lowest BCUT2D eigenvalue weighted by atomic mass is 10.00. The van der Waals surface area contributed by atoms with Crippen LogP contribution >= 0.6 is 0 Å². The van der Waals surface area contributed by atoms with Gasteiger partial charge in [-0.1, -0.05) is 13.8 Å². The van der Waals surface area contributed by atoms with Crippen LogP contribution in [0, 0.1) is 11.3 Å². The number of fused-ring (bicyclic) bond motifs is 1. The molecule has 9 N–H and O–H groups in total. The second-order valence-electron chi connectivity index (χ2n) is 8.48. The molecule has 0 aromatic heterocycles. The molecule has 0 radical (unpaired) electrons. The monoisotopic (exact) mass is 425 g/mol. The molecule has 1 unspecified atom stereocenters. The highest BCUT2D eigenvalue weighted by atomic mass is 16.3. The Bertz CT molecular complexity index is 880. The molecule has 168 valence electrons. The van der Waals surface area contributed by atoms with Crippen molar-refractivity contribution < 1.29 is 5.11 Å². The Kier molecular flexibility index (Phi) is 8.27. The molecule has 0 bridgehead atoms. The topological polar surface area (TPSA) is 145 Å². The fourth-order valence-corrected chi connectivity index (χ4v) is 2.97. The molecule has 0 aliphatic carbocycles. The molecule has 31 heavy (non-hydrogen) atoms. The minimum absolute atomic E-state index is 0.144. The predicted molar refractivity (Wildman–Crippen MR) is 128 cm³/mol. The van der Waals surface area contributed by atoms with Crippen LogP contribution in [0.3, 0.4) is 0 Å². The first-order chi connectivity index (χ1) is 14.6. The molecule has 0 spiro atoms. The lowest BCUT2D eigenvalue weighted by Gasteiger charge is -2.27. The zero-order chi connectivity index (χ0) is 23.0. The largest absolute Gasteiger partial charge is 0.404 e. The van der Waals surface area contributed by atoms with Gasteiger partial charge in [0.25, 0.3) is 0 Å². The van der Waals surface area contributed by atoms with Crippen LogP contribution in [0.4, 0.5) is 0 Å². The van der Waals surface area contributed by atoms with Crippen molar-refractivity contribution in [3.8, 4) is 0 Å². The van der Waals surface area contributed by atoms with Crippen LogP contribution in [-0.2, 0) is 0 Å². The lowest BCUT2D eigenvalue weighted by molar-refractivity contribution is 0.0721. The van der Waals surface area contributed by atoms with E-state index in [-0.39, 0.29) is 12.0 Å². The molecule has 0 amide bonds. The van der Waals surface area contributed by atoms with Gasteiger partial charge in [-0.15, -0.1) is 0 Å². The average Bonchev–Trinajstić information content (AvgIpc) is 2.70. The number of nitrogens with zero attached hydrogens (tertiary/aromatic N) is 1. The summed E-state index contributed by atoms with van der Waals surface area (Å²) >= 11 is 0. The van der Waals surface area contributed by atoms with Crippen molar-refractivity contribution in [3.05, 3.63) is 70.8 Å². The molecule has 0 aromatic carbocycles. The number of hydrogen-bond donors (Lipinski definition) is 7. The molecule has 2 heterocycles. The zero-order valence-corrected chi connectivity index (χ0v) is 18.7. The van der Waals surface area contributed by atoms with E-state index in [0.717, 1.165) is 22.7 Å². The summed E-state index contributed by atoms with van der Waals surface area (Å²) in [6.45, 7) is 8.25. The minimum Gasteiger partial charge on any atom is -0.404 e. The summed E-state index contributed by atoms with van der Waals surface area (Å²) in [6.07, 6.45) is 14.6. The highest BCUT2D eigenvalue weighted by molar-refractivity contribution is 5.98. The highest BCUT2D eigenvalue weighted by Gasteiger charge is 2.21. The number of nitrogens with one attached hydrogen (secondary N) is 4. The Labute approximate surface area is 184 Å². The number of rotatable bonds is 10. The summed E-state index contributed by atoms with van der Waals surface area (Å²) in [7, 11) is 0. The quantitative estimate of drug-likeness (QED) is 0.162. The fourth-order valence-electron chi connectivity index (χ4n) is 2.97. The van der Waals surface area contributed by atoms with Crippen LogP contribution in [0.25, 0.3) is 0 Å². The van der Waals surface area contributed by atoms with Gasteiger partial charge >= 0.3 is 0 Å². The standard InChI is InChI=1S/C23H35N7O/c1-15(2)16(11-24)10-21(26)30-22-6-5-19-20(29-22)9-17(14-28-19)18(12-25)13-27-8-7-23(3,4)31/h5-6,9-15,20,25,27,29-31H,7-8,24,26H2,1-4H3/b16-11+,18-13+,21-10+,25-12?. The summed E-state index contributed by atoms with van der Waals surface area (Å²) in [6, 6.07) is -0.144. The number of allylic oxidation sites excluding steroid dienone is 6. The number of nitrogens with two attached hydrogens (primary N) is 2. The third-order valence-electron chi connectivity index (χ3n) is 4.84. The molecular weight excluding hydrogens is 390 g/mol. The molecule has 1 atom stereocenters. The first-order valence-corrected chi connectivity index (χ1v) is 10.4. The van der Waals surface area contributed by atoms with Crippen molar-refractivity contribution in [1.82, 2.24) is 16.0 Å². The second kappa shape index (κ2) is 10.7. The van der Waals surface area contributed by atoms with Crippen LogP contribution in [0.1, 0.15) is 34.1 Å². The van der Waals surface area contributed by atoms with Gasteiger partial charge in [0.2, 0.25) is 0 Å². The van der Waals surface area contributed by atoms with Crippen LogP contribution in [0.15, 0.2) is 75.8 Å². The van der Waals surface area contributed by atoms with Gasteiger partial charge in [0, 0.05) is 36.3 Å². The third kappa shape index (κ3) is 7.49. The van der Waals surface area contributed by atoms with Crippen molar-refractivity contribution in [2.45, 2.75) is 45.8 Å². The van der Waals surface area contributed by atoms with Gasteiger partial charge in [-0.2, -0.15) is 0 Å². The summed E-state index contributed by atoms with van der Waals surface area (Å²) in [4.78, 5) is 4.52. The molecule has 0 saturated carbocycles. The van der Waals surface area contributed by atoms with Crippen LogP contribution in [0.5, 0.6) is 0 Å². The molecule has 2 rings (SSSR count). The number of dihydropyridines is 2. The van der Waals surface area contributed by atoms with E-state index < -0.39 is 5.60 Å². The normalized spacial score (nSPS) is 19.7. The molecule has 2 aliphatic heterocycles. The molecule has 8 heteroatoms. The highest BCUT2D eigenvalue weighted by Crippen LogP contribution is 2.21. The maximum absolute atomic E-state index is 9.81.